The average molecular weight is 269 g/mol. The van der Waals surface area contributed by atoms with Crippen LogP contribution in [0.1, 0.15) is 45.2 Å². The van der Waals surface area contributed by atoms with Gasteiger partial charge in [0, 0.05) is 12.2 Å². The summed E-state index contributed by atoms with van der Waals surface area (Å²) in [5.74, 6) is 0.281. The Bertz CT molecular complexity index is 405. The Balaban J connectivity index is 3.22. The van der Waals surface area contributed by atoms with Crippen molar-refractivity contribution in [3.05, 3.63) is 29.6 Å². The fourth-order valence-corrected chi connectivity index (χ4v) is 2.50. The highest BCUT2D eigenvalue weighted by atomic mass is 19.1. The summed E-state index contributed by atoms with van der Waals surface area (Å²) in [6.07, 6.45) is 1.52. The number of rotatable bonds is 7. The minimum atomic E-state index is -0.490. The standard InChI is InChI=1S/C15H24FNO2/c1-5-15(6-2,19-7-3)14(17)12-10-11(16)8-9-13(12)18-4/h8-10,14H,5-7,17H2,1-4H3. The van der Waals surface area contributed by atoms with Crippen molar-refractivity contribution >= 4 is 0 Å². The van der Waals surface area contributed by atoms with Crippen LogP contribution in [0.4, 0.5) is 4.39 Å². The van der Waals surface area contributed by atoms with Crippen molar-refractivity contribution in [2.24, 2.45) is 5.73 Å². The Morgan fingerprint density at radius 3 is 2.37 bits per heavy atom. The second kappa shape index (κ2) is 6.87. The van der Waals surface area contributed by atoms with Crippen LogP contribution in [0.5, 0.6) is 5.75 Å². The monoisotopic (exact) mass is 269 g/mol. The fourth-order valence-electron chi connectivity index (χ4n) is 2.50. The van der Waals surface area contributed by atoms with E-state index in [9.17, 15) is 4.39 Å². The number of halogens is 1. The Morgan fingerprint density at radius 1 is 1.26 bits per heavy atom. The molecule has 1 atom stereocenters. The van der Waals surface area contributed by atoms with Crippen LogP contribution in [0, 0.1) is 5.82 Å². The van der Waals surface area contributed by atoms with Crippen LogP contribution in [0.25, 0.3) is 0 Å². The molecular weight excluding hydrogens is 245 g/mol. The second-order valence-corrected chi connectivity index (χ2v) is 4.57. The van der Waals surface area contributed by atoms with E-state index in [1.807, 2.05) is 20.8 Å². The van der Waals surface area contributed by atoms with Crippen molar-refractivity contribution in [2.45, 2.75) is 45.3 Å². The maximum Gasteiger partial charge on any atom is 0.123 e. The first-order valence-electron chi connectivity index (χ1n) is 6.77. The summed E-state index contributed by atoms with van der Waals surface area (Å²) >= 11 is 0. The van der Waals surface area contributed by atoms with Crippen LogP contribution in [-0.2, 0) is 4.74 Å². The first-order chi connectivity index (χ1) is 9.04. The Hall–Kier alpha value is -1.13. The molecule has 2 N–H and O–H groups in total. The molecule has 0 aliphatic rings. The summed E-state index contributed by atoms with van der Waals surface area (Å²) < 4.78 is 24.6. The van der Waals surface area contributed by atoms with Gasteiger partial charge in [-0.3, -0.25) is 0 Å². The number of benzene rings is 1. The molecule has 0 radical (unpaired) electrons. The van der Waals surface area contributed by atoms with Gasteiger partial charge in [0.25, 0.3) is 0 Å². The van der Waals surface area contributed by atoms with Crippen molar-refractivity contribution < 1.29 is 13.9 Å². The SMILES string of the molecule is CCOC(CC)(CC)C(N)c1cc(F)ccc1OC. The van der Waals surface area contributed by atoms with Crippen molar-refractivity contribution in [1.29, 1.82) is 0 Å². The highest BCUT2D eigenvalue weighted by Gasteiger charge is 2.36. The molecule has 19 heavy (non-hydrogen) atoms. The molecule has 1 aromatic rings. The Kier molecular flexibility index (Phi) is 5.76. The number of methoxy groups -OCH3 is 1. The number of nitrogens with two attached hydrogens (primary N) is 1. The van der Waals surface area contributed by atoms with E-state index in [0.717, 1.165) is 12.8 Å². The molecule has 3 nitrogen and oxygen atoms in total. The van der Waals surface area contributed by atoms with Gasteiger partial charge >= 0.3 is 0 Å². The molecule has 4 heteroatoms. The fraction of sp³-hybridized carbons (Fsp3) is 0.600. The summed E-state index contributed by atoms with van der Waals surface area (Å²) in [5, 5.41) is 0. The van der Waals surface area contributed by atoms with Crippen LogP contribution >= 0.6 is 0 Å². The molecule has 0 spiro atoms. The van der Waals surface area contributed by atoms with E-state index in [4.69, 9.17) is 15.2 Å². The third-order valence-corrected chi connectivity index (χ3v) is 3.72. The maximum absolute atomic E-state index is 13.5. The van der Waals surface area contributed by atoms with Crippen LogP contribution < -0.4 is 10.5 Å². The molecule has 0 bridgehead atoms. The van der Waals surface area contributed by atoms with Gasteiger partial charge in [0.2, 0.25) is 0 Å². The molecule has 0 aliphatic carbocycles. The highest BCUT2D eigenvalue weighted by molar-refractivity contribution is 5.38. The van der Waals surface area contributed by atoms with Crippen molar-refractivity contribution in [3.63, 3.8) is 0 Å². The molecule has 1 unspecified atom stereocenters. The van der Waals surface area contributed by atoms with E-state index >= 15 is 0 Å². The number of ether oxygens (including phenoxy) is 2. The van der Waals surface area contributed by atoms with E-state index < -0.39 is 11.6 Å². The predicted octanol–water partition coefficient (Wildman–Crippen LogP) is 3.43. The van der Waals surface area contributed by atoms with Gasteiger partial charge in [0.05, 0.1) is 18.8 Å². The van der Waals surface area contributed by atoms with E-state index in [-0.39, 0.29) is 5.82 Å². The van der Waals surface area contributed by atoms with Gasteiger partial charge in [-0.15, -0.1) is 0 Å². The number of hydrogen-bond acceptors (Lipinski definition) is 3. The van der Waals surface area contributed by atoms with Crippen LogP contribution in [0.2, 0.25) is 0 Å². The zero-order valence-electron chi connectivity index (χ0n) is 12.2. The van der Waals surface area contributed by atoms with Crippen molar-refractivity contribution in [1.82, 2.24) is 0 Å². The summed E-state index contributed by atoms with van der Waals surface area (Å²) in [5.41, 5.74) is 6.52. The minimum Gasteiger partial charge on any atom is -0.496 e. The lowest BCUT2D eigenvalue weighted by Gasteiger charge is -2.38. The van der Waals surface area contributed by atoms with Gasteiger partial charge in [-0.1, -0.05) is 13.8 Å². The smallest absolute Gasteiger partial charge is 0.123 e. The lowest BCUT2D eigenvalue weighted by atomic mass is 9.84. The Morgan fingerprint density at radius 2 is 1.89 bits per heavy atom. The lowest BCUT2D eigenvalue weighted by Crippen LogP contribution is -2.43. The topological polar surface area (TPSA) is 44.5 Å². The average Bonchev–Trinajstić information content (AvgIpc) is 2.44. The van der Waals surface area contributed by atoms with Crippen molar-refractivity contribution in [3.8, 4) is 5.75 Å². The van der Waals surface area contributed by atoms with Gasteiger partial charge in [0.1, 0.15) is 11.6 Å². The molecule has 0 fully saturated rings. The molecule has 1 aromatic carbocycles. The van der Waals surface area contributed by atoms with Gasteiger partial charge in [-0.25, -0.2) is 4.39 Å². The van der Waals surface area contributed by atoms with Gasteiger partial charge < -0.3 is 15.2 Å². The summed E-state index contributed by atoms with van der Waals surface area (Å²) in [7, 11) is 1.56. The Labute approximate surface area is 114 Å². The van der Waals surface area contributed by atoms with Gasteiger partial charge in [-0.2, -0.15) is 0 Å². The van der Waals surface area contributed by atoms with Crippen LogP contribution in [0.15, 0.2) is 18.2 Å². The zero-order chi connectivity index (χ0) is 14.5. The first-order valence-corrected chi connectivity index (χ1v) is 6.77. The third kappa shape index (κ3) is 3.25. The minimum absolute atomic E-state index is 0.316. The predicted molar refractivity (Wildman–Crippen MR) is 74.8 cm³/mol. The largest absolute Gasteiger partial charge is 0.496 e. The maximum atomic E-state index is 13.5. The van der Waals surface area contributed by atoms with Gasteiger partial charge in [-0.05, 0) is 38.0 Å². The summed E-state index contributed by atoms with van der Waals surface area (Å²) in [4.78, 5) is 0. The molecular formula is C15H24FNO2. The molecule has 0 saturated carbocycles. The summed E-state index contributed by atoms with van der Waals surface area (Å²) in [6, 6.07) is 3.98. The quantitative estimate of drug-likeness (QED) is 0.824. The lowest BCUT2D eigenvalue weighted by molar-refractivity contribution is -0.0649. The second-order valence-electron chi connectivity index (χ2n) is 4.57. The van der Waals surface area contributed by atoms with E-state index in [1.54, 1.807) is 13.2 Å². The molecule has 0 aliphatic heterocycles. The molecule has 1 rings (SSSR count). The molecule has 0 saturated heterocycles. The van der Waals surface area contributed by atoms with E-state index in [1.165, 1.54) is 12.1 Å². The zero-order valence-corrected chi connectivity index (χ0v) is 12.2. The van der Waals surface area contributed by atoms with Crippen LogP contribution in [0.3, 0.4) is 0 Å². The van der Waals surface area contributed by atoms with Crippen LogP contribution in [-0.4, -0.2) is 19.3 Å². The van der Waals surface area contributed by atoms with Crippen molar-refractivity contribution in [2.75, 3.05) is 13.7 Å². The summed E-state index contributed by atoms with van der Waals surface area (Å²) in [6.45, 7) is 6.58. The molecule has 0 heterocycles. The van der Waals surface area contributed by atoms with E-state index in [2.05, 4.69) is 0 Å². The van der Waals surface area contributed by atoms with E-state index in [0.29, 0.717) is 17.9 Å². The molecule has 0 amide bonds. The molecule has 108 valence electrons. The third-order valence-electron chi connectivity index (χ3n) is 3.72. The van der Waals surface area contributed by atoms with Gasteiger partial charge in [0.15, 0.2) is 0 Å². The normalized spacial score (nSPS) is 13.4. The number of hydrogen-bond donors (Lipinski definition) is 1. The molecule has 0 aromatic heterocycles. The first kappa shape index (κ1) is 15.9. The highest BCUT2D eigenvalue weighted by Crippen LogP contribution is 2.37.